The Morgan fingerprint density at radius 3 is 1.23 bits per heavy atom. The molecule has 22 nitrogen and oxygen atoms in total. The Kier molecular flexibility index (Phi) is 18.8. The molecule has 0 aromatic heterocycles. The van der Waals surface area contributed by atoms with E-state index in [2.05, 4.69) is 15.0 Å². The highest BCUT2D eigenvalue weighted by atomic mass is 16.7. The zero-order valence-electron chi connectivity index (χ0n) is 36.0. The molecule has 0 amide bonds. The maximum atomic E-state index is 13.1. The third-order valence-electron chi connectivity index (χ3n) is 12.3. The van der Waals surface area contributed by atoms with Crippen LogP contribution in [0.15, 0.2) is 15.0 Å². The molecule has 3 heterocycles. The van der Waals surface area contributed by atoms with Crippen LogP contribution in [0, 0.1) is 35.5 Å². The number of hydrogen-bond donors (Lipinski definition) is 8. The van der Waals surface area contributed by atoms with E-state index in [1.165, 1.54) is 21.3 Å². The minimum absolute atomic E-state index is 0.257. The lowest BCUT2D eigenvalue weighted by Gasteiger charge is -2.48. The molecule has 0 aliphatic carbocycles. The molecule has 18 atom stereocenters. The maximum Gasteiger partial charge on any atom is 0.364 e. The van der Waals surface area contributed by atoms with E-state index in [1.54, 1.807) is 41.5 Å². The molecule has 0 radical (unpaired) electrons. The second-order valence-corrected chi connectivity index (χ2v) is 16.5. The van der Waals surface area contributed by atoms with Crippen LogP contribution in [-0.4, -0.2) is 191 Å². The third kappa shape index (κ3) is 11.9. The first-order chi connectivity index (χ1) is 28.6. The number of methoxy groups -OCH3 is 3. The zero-order chi connectivity index (χ0) is 46.0. The Bertz CT molecular complexity index is 1540. The van der Waals surface area contributed by atoms with Crippen LogP contribution in [0.3, 0.4) is 0 Å². The van der Waals surface area contributed by atoms with Gasteiger partial charge in [-0.15, -0.1) is 0 Å². The first kappa shape index (κ1) is 51.8. The highest BCUT2D eigenvalue weighted by Crippen LogP contribution is 2.42. The monoisotopic (exact) mass is 879 g/mol. The number of aliphatic hydroxyl groups is 5. The Hall–Kier alpha value is -3.58. The summed E-state index contributed by atoms with van der Waals surface area (Å²) in [6.07, 6.45) is -6.42. The number of nitrogens with zero attached hydrogens (tertiary/aromatic N) is 3. The lowest BCUT2D eigenvalue weighted by atomic mass is 9.81. The van der Waals surface area contributed by atoms with Gasteiger partial charge in [-0.3, -0.25) is 0 Å². The molecule has 22 heteroatoms. The molecule has 61 heavy (non-hydrogen) atoms. The van der Waals surface area contributed by atoms with Gasteiger partial charge in [0.15, 0.2) is 19.2 Å². The molecule has 0 spiro atoms. The molecule has 8 N–H and O–H groups in total. The Balaban J connectivity index is 1.90. The smallest absolute Gasteiger partial charge is 0.364 e. The second kappa shape index (κ2) is 22.2. The predicted molar refractivity (Wildman–Crippen MR) is 212 cm³/mol. The molecule has 3 aliphatic rings. The van der Waals surface area contributed by atoms with Crippen LogP contribution in [0.4, 0.5) is 0 Å². The molecular weight excluding hydrogens is 814 g/mol. The van der Waals surface area contributed by atoms with Gasteiger partial charge < -0.3 is 78.7 Å². The van der Waals surface area contributed by atoms with Crippen molar-refractivity contribution in [2.45, 2.75) is 133 Å². The number of ether oxygens (including phenoxy) is 8. The number of rotatable bonds is 22. The van der Waals surface area contributed by atoms with E-state index in [1.807, 2.05) is 0 Å². The van der Waals surface area contributed by atoms with Gasteiger partial charge in [0.25, 0.3) is 17.4 Å². The summed E-state index contributed by atoms with van der Waals surface area (Å²) in [7, 11) is 4.00. The molecular formula is C39H65N3O19. The van der Waals surface area contributed by atoms with E-state index in [9.17, 15) is 55.2 Å². The van der Waals surface area contributed by atoms with Crippen LogP contribution in [0.1, 0.15) is 60.8 Å². The van der Waals surface area contributed by atoms with Crippen LogP contribution in [0.5, 0.6) is 0 Å². The summed E-state index contributed by atoms with van der Waals surface area (Å²) in [6, 6.07) is -3.15. The molecule has 3 fully saturated rings. The molecule has 3 saturated heterocycles. The van der Waals surface area contributed by atoms with Gasteiger partial charge >= 0.3 is 17.9 Å². The fourth-order valence-corrected chi connectivity index (χ4v) is 7.77. The largest absolute Gasteiger partial charge is 0.487 e. The number of carbonyl (C=O) groups is 3. The number of hydrogen-bond acceptors (Lipinski definition) is 19. The first-order valence-corrected chi connectivity index (χ1v) is 20.1. The number of aliphatic hydroxyl groups excluding tert-OH is 4. The highest BCUT2D eigenvalue weighted by Gasteiger charge is 2.58. The van der Waals surface area contributed by atoms with Crippen LogP contribution in [0.2, 0.25) is 0 Å². The summed E-state index contributed by atoms with van der Waals surface area (Å²) in [4.78, 5) is 50.6. The molecule has 0 aromatic carbocycles. The van der Waals surface area contributed by atoms with E-state index in [-0.39, 0.29) is 25.7 Å². The van der Waals surface area contributed by atoms with Gasteiger partial charge in [0.2, 0.25) is 0 Å². The van der Waals surface area contributed by atoms with Crippen molar-refractivity contribution in [2.24, 2.45) is 50.5 Å². The summed E-state index contributed by atoms with van der Waals surface area (Å²) in [5.74, 6) is -16.2. The Labute approximate surface area is 354 Å². The normalized spacial score (nSPS) is 37.8. The summed E-state index contributed by atoms with van der Waals surface area (Å²) < 4.78 is 45.0. The number of aliphatic imine (C=N–C) groups is 3. The van der Waals surface area contributed by atoms with Crippen molar-refractivity contribution in [1.29, 1.82) is 0 Å². The van der Waals surface area contributed by atoms with Crippen molar-refractivity contribution < 1.29 is 93.1 Å². The maximum absolute atomic E-state index is 13.1. The van der Waals surface area contributed by atoms with Crippen LogP contribution >= 0.6 is 0 Å². The van der Waals surface area contributed by atoms with Gasteiger partial charge in [0, 0.05) is 25.9 Å². The second-order valence-electron chi connectivity index (χ2n) is 16.5. The van der Waals surface area contributed by atoms with Gasteiger partial charge in [-0.2, -0.15) is 0 Å². The summed E-state index contributed by atoms with van der Waals surface area (Å²) in [5, 5.41) is 84.9. The number of carboxylic acid groups (broad SMARTS) is 3. The van der Waals surface area contributed by atoms with Crippen molar-refractivity contribution >= 4 is 37.1 Å². The van der Waals surface area contributed by atoms with E-state index >= 15 is 0 Å². The van der Waals surface area contributed by atoms with Crippen molar-refractivity contribution in [3.63, 3.8) is 0 Å². The Morgan fingerprint density at radius 1 is 0.590 bits per heavy atom. The predicted octanol–water partition coefficient (Wildman–Crippen LogP) is -0.257. The Morgan fingerprint density at radius 2 is 0.918 bits per heavy atom. The van der Waals surface area contributed by atoms with Gasteiger partial charge in [0.1, 0.15) is 18.1 Å². The molecule has 3 aliphatic heterocycles. The lowest BCUT2D eigenvalue weighted by Crippen LogP contribution is -2.62. The molecule has 0 saturated carbocycles. The first-order valence-electron chi connectivity index (χ1n) is 20.1. The molecule has 0 bridgehead atoms. The third-order valence-corrected chi connectivity index (χ3v) is 12.3. The zero-order valence-corrected chi connectivity index (χ0v) is 36.0. The minimum atomic E-state index is -2.74. The number of carboxylic acids is 3. The van der Waals surface area contributed by atoms with Gasteiger partial charge in [-0.25, -0.2) is 29.4 Å². The van der Waals surface area contributed by atoms with Gasteiger partial charge in [-0.1, -0.05) is 41.5 Å². The van der Waals surface area contributed by atoms with Crippen molar-refractivity contribution in [3.05, 3.63) is 0 Å². The summed E-state index contributed by atoms with van der Waals surface area (Å²) in [5.41, 5.74) is 0. The molecule has 0 aromatic rings. The average Bonchev–Trinajstić information content (AvgIpc) is 3.21. The van der Waals surface area contributed by atoms with E-state index in [4.69, 9.17) is 37.9 Å². The standard InChI is InChI=1S/C39H65N3O19/c1-19(13-43)22(4)32-29(41-17-55-8)26(45)11-38(60-32,35(49)50)58-15-21(3)24(6)33-30(42-18-56-9)27(46)12-39(61-33,36(51)52)57-14-20(2)23(5)31-28(40-16-54-7)25(44)10-37(53,59-31)34(47)48/h16-33,43-46,53H,10-15H2,1-9H3,(H,47,48)(H,49,50)(H,51,52)/t19?,20?,21?,22?,23?,24?,25-,26-,27-,28-,29-,30-,31?,32?,33?,37-,38-,39-/m1/s1. The quantitative estimate of drug-likeness (QED) is 0.0513. The van der Waals surface area contributed by atoms with Gasteiger partial charge in [-0.05, 0) is 35.5 Å². The van der Waals surface area contributed by atoms with Crippen molar-refractivity contribution in [2.75, 3.05) is 41.2 Å². The molecule has 3 rings (SSSR count). The fourth-order valence-electron chi connectivity index (χ4n) is 7.77. The summed E-state index contributed by atoms with van der Waals surface area (Å²) >= 11 is 0. The van der Waals surface area contributed by atoms with Crippen LogP contribution in [0.25, 0.3) is 0 Å². The summed E-state index contributed by atoms with van der Waals surface area (Å²) in [6.45, 7) is 9.07. The molecule has 9 unspecified atom stereocenters. The highest BCUT2D eigenvalue weighted by molar-refractivity contribution is 5.77. The van der Waals surface area contributed by atoms with E-state index in [0.717, 1.165) is 19.2 Å². The van der Waals surface area contributed by atoms with E-state index in [0.29, 0.717) is 0 Å². The van der Waals surface area contributed by atoms with Crippen molar-refractivity contribution in [3.8, 4) is 0 Å². The minimum Gasteiger partial charge on any atom is -0.487 e. The average molecular weight is 880 g/mol. The topological polar surface area (TPSA) is 324 Å². The number of aliphatic carboxylic acids is 3. The van der Waals surface area contributed by atoms with Crippen LogP contribution in [-0.2, 0) is 52.3 Å². The van der Waals surface area contributed by atoms with Crippen molar-refractivity contribution in [1.82, 2.24) is 0 Å². The SMILES string of the molecule is COC=N[C@H]1C(C(C)C(C)CO)O[C@@](OCC(C)C(C)C2O[C@@](OCC(C)C(C)C3O[C@@](O)(C(=O)O)C[C@@H](O)[C@H]3N=COC)(C(=O)O)C[C@@H](O)[C@H]2N=COC)(C(=O)O)C[C@H]1O. The van der Waals surface area contributed by atoms with E-state index < -0.39 is 139 Å². The van der Waals surface area contributed by atoms with Crippen LogP contribution < -0.4 is 0 Å². The molecule has 350 valence electrons. The lowest BCUT2D eigenvalue weighted by molar-refractivity contribution is -0.315. The van der Waals surface area contributed by atoms with Gasteiger partial charge in [0.05, 0.1) is 71.2 Å². The fraction of sp³-hybridized carbons (Fsp3) is 0.846.